The quantitative estimate of drug-likeness (QED) is 0.782. The number of rotatable bonds is 6. The van der Waals surface area contributed by atoms with E-state index in [0.29, 0.717) is 6.42 Å². The van der Waals surface area contributed by atoms with E-state index >= 15 is 0 Å². The molecule has 2 atom stereocenters. The summed E-state index contributed by atoms with van der Waals surface area (Å²) in [6, 6.07) is 0. The monoisotopic (exact) mass is 229 g/mol. The van der Waals surface area contributed by atoms with Crippen molar-refractivity contribution in [2.45, 2.75) is 45.3 Å². The Bertz CT molecular complexity index is 260. The van der Waals surface area contributed by atoms with Crippen molar-refractivity contribution in [1.82, 2.24) is 4.98 Å². The second-order valence-corrected chi connectivity index (χ2v) is 4.78. The van der Waals surface area contributed by atoms with E-state index < -0.39 is 12.2 Å². The molecule has 2 unspecified atom stereocenters. The van der Waals surface area contributed by atoms with Crippen molar-refractivity contribution in [1.29, 1.82) is 0 Å². The van der Waals surface area contributed by atoms with Gasteiger partial charge in [0.25, 0.3) is 0 Å². The summed E-state index contributed by atoms with van der Waals surface area (Å²) in [4.78, 5) is 4.97. The highest BCUT2D eigenvalue weighted by Gasteiger charge is 2.24. The molecule has 3 nitrogen and oxygen atoms in total. The first-order valence-electron chi connectivity index (χ1n) is 5.42. The molecule has 0 spiro atoms. The summed E-state index contributed by atoms with van der Waals surface area (Å²) in [5.74, 6) is 0.188. The summed E-state index contributed by atoms with van der Waals surface area (Å²) in [6.07, 6.45) is 2.75. The lowest BCUT2D eigenvalue weighted by Gasteiger charge is -2.24. The molecule has 0 aliphatic heterocycles. The Labute approximate surface area is 94.8 Å². The maximum Gasteiger partial charge on any atom is 0.0850 e. The molecule has 0 aromatic carbocycles. The number of aromatic nitrogens is 1. The van der Waals surface area contributed by atoms with Crippen LogP contribution >= 0.6 is 11.3 Å². The summed E-state index contributed by atoms with van der Waals surface area (Å²) >= 11 is 1.51. The lowest BCUT2D eigenvalue weighted by atomic mass is 9.91. The molecular formula is C11H19NO2S. The van der Waals surface area contributed by atoms with Crippen LogP contribution in [0, 0.1) is 5.92 Å². The molecule has 0 amide bonds. The third-order valence-corrected chi connectivity index (χ3v) is 3.62. The van der Waals surface area contributed by atoms with Crippen molar-refractivity contribution in [3.8, 4) is 0 Å². The molecule has 0 bridgehead atoms. The smallest absolute Gasteiger partial charge is 0.0850 e. The molecule has 4 heteroatoms. The Hall–Kier alpha value is -0.450. The van der Waals surface area contributed by atoms with Crippen molar-refractivity contribution < 1.29 is 10.2 Å². The van der Waals surface area contributed by atoms with Gasteiger partial charge in [-0.1, -0.05) is 26.7 Å². The summed E-state index contributed by atoms with van der Waals surface area (Å²) in [5, 5.41) is 19.8. The fourth-order valence-electron chi connectivity index (χ4n) is 1.76. The van der Waals surface area contributed by atoms with Crippen LogP contribution in [0.1, 0.15) is 31.6 Å². The topological polar surface area (TPSA) is 53.4 Å². The van der Waals surface area contributed by atoms with Gasteiger partial charge >= 0.3 is 0 Å². The van der Waals surface area contributed by atoms with Crippen molar-refractivity contribution in [2.24, 2.45) is 5.92 Å². The predicted octanol–water partition coefficient (Wildman–Crippen LogP) is 1.84. The fourth-order valence-corrected chi connectivity index (χ4v) is 2.40. The minimum atomic E-state index is -0.671. The highest BCUT2D eigenvalue weighted by Crippen LogP contribution is 2.19. The zero-order chi connectivity index (χ0) is 11.3. The SMILES string of the molecule is CCC(CC)C(O)C(O)Cc1cncs1. The molecule has 0 fully saturated rings. The molecule has 15 heavy (non-hydrogen) atoms. The van der Waals surface area contributed by atoms with Crippen LogP contribution in [0.4, 0.5) is 0 Å². The van der Waals surface area contributed by atoms with Gasteiger partial charge in [0.15, 0.2) is 0 Å². The number of hydrogen-bond acceptors (Lipinski definition) is 4. The van der Waals surface area contributed by atoms with E-state index in [1.165, 1.54) is 11.3 Å². The first kappa shape index (κ1) is 12.6. The maximum atomic E-state index is 9.91. The molecule has 1 aromatic heterocycles. The van der Waals surface area contributed by atoms with Gasteiger partial charge in [-0.3, -0.25) is 4.98 Å². The predicted molar refractivity (Wildman–Crippen MR) is 61.9 cm³/mol. The Morgan fingerprint density at radius 3 is 2.47 bits per heavy atom. The van der Waals surface area contributed by atoms with E-state index in [4.69, 9.17) is 0 Å². The highest BCUT2D eigenvalue weighted by molar-refractivity contribution is 7.09. The summed E-state index contributed by atoms with van der Waals surface area (Å²) in [7, 11) is 0. The van der Waals surface area contributed by atoms with E-state index in [1.54, 1.807) is 11.7 Å². The van der Waals surface area contributed by atoms with E-state index in [9.17, 15) is 10.2 Å². The minimum Gasteiger partial charge on any atom is -0.390 e. The van der Waals surface area contributed by atoms with Crippen LogP contribution in [0.3, 0.4) is 0 Å². The van der Waals surface area contributed by atoms with Crippen molar-refractivity contribution in [2.75, 3.05) is 0 Å². The average Bonchev–Trinajstić information content (AvgIpc) is 2.72. The van der Waals surface area contributed by atoms with Crippen molar-refractivity contribution in [3.63, 3.8) is 0 Å². The molecule has 0 saturated heterocycles. The van der Waals surface area contributed by atoms with Gasteiger partial charge in [0.2, 0.25) is 0 Å². The lowest BCUT2D eigenvalue weighted by Crippen LogP contribution is -2.34. The van der Waals surface area contributed by atoms with E-state index in [1.807, 2.05) is 13.8 Å². The van der Waals surface area contributed by atoms with Gasteiger partial charge in [-0.25, -0.2) is 0 Å². The molecule has 0 radical (unpaired) electrons. The molecule has 0 saturated carbocycles. The molecular weight excluding hydrogens is 210 g/mol. The normalized spacial score (nSPS) is 15.5. The number of thiazole rings is 1. The highest BCUT2D eigenvalue weighted by atomic mass is 32.1. The molecule has 1 rings (SSSR count). The molecule has 2 N–H and O–H groups in total. The largest absolute Gasteiger partial charge is 0.390 e. The Kier molecular flexibility index (Phi) is 5.22. The van der Waals surface area contributed by atoms with Gasteiger partial charge in [0.1, 0.15) is 0 Å². The number of nitrogens with zero attached hydrogens (tertiary/aromatic N) is 1. The minimum absolute atomic E-state index is 0.188. The van der Waals surface area contributed by atoms with E-state index in [2.05, 4.69) is 4.98 Å². The second kappa shape index (κ2) is 6.20. The van der Waals surface area contributed by atoms with E-state index in [0.717, 1.165) is 17.7 Å². The standard InChI is InChI=1S/C11H19NO2S/c1-3-8(4-2)11(14)10(13)5-9-6-12-7-15-9/h6-8,10-11,13-14H,3-5H2,1-2H3. The van der Waals surface area contributed by atoms with Crippen LogP contribution in [0.5, 0.6) is 0 Å². The Morgan fingerprint density at radius 1 is 1.33 bits per heavy atom. The van der Waals surface area contributed by atoms with Gasteiger partial charge < -0.3 is 10.2 Å². The van der Waals surface area contributed by atoms with Gasteiger partial charge in [0, 0.05) is 17.5 Å². The number of aliphatic hydroxyl groups excluding tert-OH is 2. The van der Waals surface area contributed by atoms with E-state index in [-0.39, 0.29) is 5.92 Å². The zero-order valence-corrected chi connectivity index (χ0v) is 10.1. The molecule has 1 heterocycles. The summed E-state index contributed by atoms with van der Waals surface area (Å²) < 4.78 is 0. The fraction of sp³-hybridized carbons (Fsp3) is 0.727. The third kappa shape index (κ3) is 3.55. The van der Waals surface area contributed by atoms with Crippen molar-refractivity contribution in [3.05, 3.63) is 16.6 Å². The van der Waals surface area contributed by atoms with Gasteiger partial charge in [-0.2, -0.15) is 0 Å². The lowest BCUT2D eigenvalue weighted by molar-refractivity contribution is -0.0184. The number of aliphatic hydroxyl groups is 2. The van der Waals surface area contributed by atoms with Crippen LogP contribution in [0.15, 0.2) is 11.7 Å². The first-order valence-corrected chi connectivity index (χ1v) is 6.30. The van der Waals surface area contributed by atoms with Gasteiger partial charge in [0.05, 0.1) is 17.7 Å². The van der Waals surface area contributed by atoms with Crippen LogP contribution in [0.25, 0.3) is 0 Å². The second-order valence-electron chi connectivity index (χ2n) is 3.81. The first-order chi connectivity index (χ1) is 7.19. The van der Waals surface area contributed by atoms with Crippen LogP contribution < -0.4 is 0 Å². The molecule has 86 valence electrons. The van der Waals surface area contributed by atoms with Gasteiger partial charge in [-0.15, -0.1) is 11.3 Å². The van der Waals surface area contributed by atoms with Crippen LogP contribution in [-0.2, 0) is 6.42 Å². The zero-order valence-electron chi connectivity index (χ0n) is 9.26. The Morgan fingerprint density at radius 2 is 2.00 bits per heavy atom. The van der Waals surface area contributed by atoms with Crippen LogP contribution in [-0.4, -0.2) is 27.4 Å². The molecule has 1 aromatic rings. The maximum absolute atomic E-state index is 9.91. The average molecular weight is 229 g/mol. The van der Waals surface area contributed by atoms with Gasteiger partial charge in [-0.05, 0) is 5.92 Å². The Balaban J connectivity index is 2.48. The molecule has 0 aliphatic rings. The third-order valence-electron chi connectivity index (χ3n) is 2.82. The molecule has 0 aliphatic carbocycles. The summed E-state index contributed by atoms with van der Waals surface area (Å²) in [6.45, 7) is 4.08. The van der Waals surface area contributed by atoms with Crippen molar-refractivity contribution >= 4 is 11.3 Å². The number of hydrogen-bond donors (Lipinski definition) is 2. The summed E-state index contributed by atoms with van der Waals surface area (Å²) in [5.41, 5.74) is 1.74. The van der Waals surface area contributed by atoms with Crippen LogP contribution in [0.2, 0.25) is 0 Å².